The van der Waals surface area contributed by atoms with Gasteiger partial charge in [-0.05, 0) is 25.7 Å². The number of likely N-dealkylation sites (N-methyl/N-ethyl adjacent to an activating group) is 1. The molecule has 0 aliphatic rings. The lowest BCUT2D eigenvalue weighted by atomic mass is 10.2. The molecule has 0 aliphatic heterocycles. The summed E-state index contributed by atoms with van der Waals surface area (Å²) in [6.45, 7) is 2.59. The minimum absolute atomic E-state index is 0.158. The monoisotopic (exact) mass is 352 g/mol. The van der Waals surface area contributed by atoms with Crippen molar-refractivity contribution >= 4 is 11.9 Å². The predicted molar refractivity (Wildman–Crippen MR) is 101 cm³/mol. The number of hydrogen-bond acceptors (Lipinski definition) is 3. The highest BCUT2D eigenvalue weighted by Crippen LogP contribution is 2.07. The standard InChI is InChI=1S/C20H33NO4/c1-5-6-7-8-9-10-11-12-13-14-15-20(24)25-18(16-19(22)23)17-21(2,3)4/h6-7,9-10,12-13,18H,5,8,11,14-17H2,1-4H3/p+1/b7-6+,10-9+,13-12+. The Balaban J connectivity index is 4.08. The lowest BCUT2D eigenvalue weighted by Gasteiger charge is -2.28. The van der Waals surface area contributed by atoms with Crippen LogP contribution in [0.5, 0.6) is 0 Å². The van der Waals surface area contributed by atoms with E-state index < -0.39 is 12.1 Å². The minimum atomic E-state index is -0.952. The Morgan fingerprint density at radius 2 is 1.56 bits per heavy atom. The van der Waals surface area contributed by atoms with Gasteiger partial charge in [0.25, 0.3) is 0 Å². The number of rotatable bonds is 13. The van der Waals surface area contributed by atoms with Crippen LogP contribution in [0.4, 0.5) is 0 Å². The Labute approximate surface area is 152 Å². The SMILES string of the molecule is CC/C=C/C/C=C/C/C=C/CCC(=O)OC(CC(=O)O)C[N+](C)(C)C. The molecular weight excluding hydrogens is 318 g/mol. The average Bonchev–Trinajstić information content (AvgIpc) is 2.46. The second kappa shape index (κ2) is 13.4. The summed E-state index contributed by atoms with van der Waals surface area (Å²) in [4.78, 5) is 22.8. The molecule has 0 rings (SSSR count). The molecule has 1 atom stereocenters. The second-order valence-electron chi connectivity index (χ2n) is 7.02. The van der Waals surface area contributed by atoms with Crippen LogP contribution in [0, 0.1) is 0 Å². The van der Waals surface area contributed by atoms with Crippen molar-refractivity contribution in [2.45, 2.75) is 51.6 Å². The highest BCUT2D eigenvalue weighted by Gasteiger charge is 2.24. The van der Waals surface area contributed by atoms with Crippen molar-refractivity contribution in [3.05, 3.63) is 36.5 Å². The molecule has 0 aromatic heterocycles. The van der Waals surface area contributed by atoms with Crippen molar-refractivity contribution in [1.82, 2.24) is 0 Å². The van der Waals surface area contributed by atoms with Gasteiger partial charge in [0.05, 0.1) is 27.6 Å². The van der Waals surface area contributed by atoms with Crippen LogP contribution in [0.25, 0.3) is 0 Å². The van der Waals surface area contributed by atoms with Crippen molar-refractivity contribution in [3.63, 3.8) is 0 Å². The van der Waals surface area contributed by atoms with Gasteiger partial charge in [-0.1, -0.05) is 43.4 Å². The van der Waals surface area contributed by atoms with Crippen LogP contribution in [-0.2, 0) is 14.3 Å². The number of nitrogens with zero attached hydrogens (tertiary/aromatic N) is 1. The minimum Gasteiger partial charge on any atom is -0.481 e. The maximum absolute atomic E-state index is 11.9. The summed E-state index contributed by atoms with van der Waals surface area (Å²) < 4.78 is 5.88. The fourth-order valence-electron chi connectivity index (χ4n) is 2.22. The molecule has 5 heteroatoms. The van der Waals surface area contributed by atoms with Crippen LogP contribution in [0.2, 0.25) is 0 Å². The van der Waals surface area contributed by atoms with E-state index in [-0.39, 0.29) is 18.8 Å². The van der Waals surface area contributed by atoms with E-state index in [0.717, 1.165) is 19.3 Å². The van der Waals surface area contributed by atoms with Gasteiger partial charge in [-0.15, -0.1) is 0 Å². The van der Waals surface area contributed by atoms with Gasteiger partial charge in [0, 0.05) is 6.42 Å². The van der Waals surface area contributed by atoms with E-state index in [1.165, 1.54) is 0 Å². The Hall–Kier alpha value is -1.88. The van der Waals surface area contributed by atoms with Crippen molar-refractivity contribution in [3.8, 4) is 0 Å². The summed E-state index contributed by atoms with van der Waals surface area (Å²) in [6.07, 6.45) is 15.5. The molecule has 1 N–H and O–H groups in total. The average molecular weight is 352 g/mol. The van der Waals surface area contributed by atoms with Crippen LogP contribution in [0.3, 0.4) is 0 Å². The molecule has 0 heterocycles. The van der Waals surface area contributed by atoms with Crippen molar-refractivity contribution in [1.29, 1.82) is 0 Å². The zero-order chi connectivity index (χ0) is 19.1. The number of carbonyl (C=O) groups excluding carboxylic acids is 1. The van der Waals surface area contributed by atoms with Crippen molar-refractivity contribution in [2.75, 3.05) is 27.7 Å². The quantitative estimate of drug-likeness (QED) is 0.312. The molecule has 0 radical (unpaired) electrons. The van der Waals surface area contributed by atoms with Crippen LogP contribution in [0.15, 0.2) is 36.5 Å². The number of carbonyl (C=O) groups is 2. The van der Waals surface area contributed by atoms with Crippen LogP contribution in [0.1, 0.15) is 45.4 Å². The first kappa shape index (κ1) is 23.1. The normalized spacial score (nSPS) is 13.8. The third-order valence-corrected chi connectivity index (χ3v) is 3.25. The second-order valence-corrected chi connectivity index (χ2v) is 7.02. The molecular formula is C20H34NO4+. The zero-order valence-corrected chi connectivity index (χ0v) is 16.1. The fourth-order valence-corrected chi connectivity index (χ4v) is 2.22. The summed E-state index contributed by atoms with van der Waals surface area (Å²) in [5, 5.41) is 8.94. The van der Waals surface area contributed by atoms with Crippen molar-refractivity contribution < 1.29 is 23.9 Å². The number of carboxylic acids is 1. The van der Waals surface area contributed by atoms with Gasteiger partial charge in [0.15, 0.2) is 6.10 Å². The van der Waals surface area contributed by atoms with Gasteiger partial charge >= 0.3 is 11.9 Å². The van der Waals surface area contributed by atoms with Crippen molar-refractivity contribution in [2.24, 2.45) is 0 Å². The van der Waals surface area contributed by atoms with Crippen LogP contribution in [-0.4, -0.2) is 55.3 Å². The topological polar surface area (TPSA) is 63.6 Å². The number of ether oxygens (including phenoxy) is 1. The van der Waals surface area contributed by atoms with Gasteiger partial charge in [-0.25, -0.2) is 0 Å². The summed E-state index contributed by atoms with van der Waals surface area (Å²) in [6, 6.07) is 0. The molecule has 0 aliphatic carbocycles. The first-order valence-electron chi connectivity index (χ1n) is 8.91. The smallest absolute Gasteiger partial charge is 0.307 e. The lowest BCUT2D eigenvalue weighted by Crippen LogP contribution is -2.43. The highest BCUT2D eigenvalue weighted by molar-refractivity contribution is 5.71. The number of aliphatic carboxylic acids is 1. The number of hydrogen-bond donors (Lipinski definition) is 1. The molecule has 5 nitrogen and oxygen atoms in total. The molecule has 0 bridgehead atoms. The summed E-state index contributed by atoms with van der Waals surface area (Å²) in [5.41, 5.74) is 0. The molecule has 0 saturated carbocycles. The maximum atomic E-state index is 11.9. The van der Waals surface area contributed by atoms with E-state index in [4.69, 9.17) is 9.84 Å². The Morgan fingerprint density at radius 1 is 1.00 bits per heavy atom. The summed E-state index contributed by atoms with van der Waals surface area (Å²) >= 11 is 0. The molecule has 142 valence electrons. The Bertz CT molecular complexity index is 473. The third-order valence-electron chi connectivity index (χ3n) is 3.25. The predicted octanol–water partition coefficient (Wildman–Crippen LogP) is 3.72. The largest absolute Gasteiger partial charge is 0.481 e. The maximum Gasteiger partial charge on any atom is 0.307 e. The van der Waals surface area contributed by atoms with Gasteiger partial charge in [0.1, 0.15) is 6.54 Å². The van der Waals surface area contributed by atoms with Gasteiger partial charge in [-0.3, -0.25) is 9.59 Å². The molecule has 25 heavy (non-hydrogen) atoms. The molecule has 0 fully saturated rings. The van der Waals surface area contributed by atoms with E-state index in [0.29, 0.717) is 17.4 Å². The highest BCUT2D eigenvalue weighted by atomic mass is 16.5. The van der Waals surface area contributed by atoms with E-state index in [9.17, 15) is 9.59 Å². The summed E-state index contributed by atoms with van der Waals surface area (Å²) in [5.74, 6) is -1.30. The Morgan fingerprint density at radius 3 is 2.08 bits per heavy atom. The third kappa shape index (κ3) is 16.8. The summed E-state index contributed by atoms with van der Waals surface area (Å²) in [7, 11) is 5.82. The number of allylic oxidation sites excluding steroid dienone is 6. The molecule has 0 aromatic carbocycles. The van der Waals surface area contributed by atoms with Gasteiger partial charge in [0.2, 0.25) is 0 Å². The van der Waals surface area contributed by atoms with Crippen LogP contribution >= 0.6 is 0 Å². The number of esters is 1. The van der Waals surface area contributed by atoms with Gasteiger partial charge in [-0.2, -0.15) is 0 Å². The van der Waals surface area contributed by atoms with E-state index >= 15 is 0 Å². The zero-order valence-electron chi connectivity index (χ0n) is 16.1. The molecule has 0 spiro atoms. The number of quaternary nitrogens is 1. The first-order valence-corrected chi connectivity index (χ1v) is 8.91. The fraction of sp³-hybridized carbons (Fsp3) is 0.600. The first-order chi connectivity index (χ1) is 11.7. The molecule has 0 amide bonds. The molecule has 1 unspecified atom stereocenters. The lowest BCUT2D eigenvalue weighted by molar-refractivity contribution is -0.873. The number of carboxylic acid groups (broad SMARTS) is 1. The Kier molecular flexibility index (Phi) is 12.4. The van der Waals surface area contributed by atoms with E-state index in [1.54, 1.807) is 0 Å². The molecule has 0 saturated heterocycles. The molecule has 0 aromatic rings. The van der Waals surface area contributed by atoms with E-state index in [1.807, 2.05) is 33.3 Å². The van der Waals surface area contributed by atoms with Crippen LogP contribution < -0.4 is 0 Å². The van der Waals surface area contributed by atoms with Gasteiger partial charge < -0.3 is 14.3 Å². The van der Waals surface area contributed by atoms with E-state index in [2.05, 4.69) is 31.2 Å².